The summed E-state index contributed by atoms with van der Waals surface area (Å²) in [7, 11) is -1.72. The maximum absolute atomic E-state index is 13.6. The maximum Gasteiger partial charge on any atom is 0.265 e. The van der Waals surface area contributed by atoms with Crippen molar-refractivity contribution in [1.82, 2.24) is 4.57 Å². The molecule has 4 aromatic rings. The molecule has 0 aliphatic carbocycles. The zero-order valence-electron chi connectivity index (χ0n) is 16.4. The first kappa shape index (κ1) is 18.0. The monoisotopic (exact) mass is 402 g/mol. The molecule has 0 bridgehead atoms. The van der Waals surface area contributed by atoms with Crippen molar-refractivity contribution < 1.29 is 8.42 Å². The number of fused-ring (bicyclic) bond motifs is 3. The molecule has 1 aliphatic rings. The molecule has 3 aromatic carbocycles. The predicted octanol–water partition coefficient (Wildman–Crippen LogP) is 4.83. The third-order valence-corrected chi connectivity index (χ3v) is 7.63. The van der Waals surface area contributed by atoms with Crippen LogP contribution >= 0.6 is 0 Å². The van der Waals surface area contributed by atoms with Crippen LogP contribution in [0.5, 0.6) is 0 Å². The average Bonchev–Trinajstić information content (AvgIpc) is 3.27. The van der Waals surface area contributed by atoms with Gasteiger partial charge in [-0.2, -0.15) is 0 Å². The molecule has 2 heterocycles. The van der Waals surface area contributed by atoms with Crippen LogP contribution in [-0.4, -0.2) is 19.5 Å². The third kappa shape index (κ3) is 2.69. The Bertz CT molecular complexity index is 1310. The van der Waals surface area contributed by atoms with Gasteiger partial charge in [0, 0.05) is 36.0 Å². The van der Waals surface area contributed by atoms with Gasteiger partial charge in [0.15, 0.2) is 0 Å². The van der Waals surface area contributed by atoms with Crippen LogP contribution in [0.3, 0.4) is 0 Å². The molecule has 0 radical (unpaired) electrons. The lowest BCUT2D eigenvalue weighted by atomic mass is 9.93. The second kappa shape index (κ2) is 6.49. The van der Waals surface area contributed by atoms with Crippen LogP contribution in [-0.2, 0) is 17.1 Å². The summed E-state index contributed by atoms with van der Waals surface area (Å²) in [5.74, 6) is 0.762. The molecule has 146 valence electrons. The average molecular weight is 403 g/mol. The summed E-state index contributed by atoms with van der Waals surface area (Å²) in [4.78, 5) is 0.327. The predicted molar refractivity (Wildman–Crippen MR) is 117 cm³/mol. The first-order chi connectivity index (χ1) is 14.0. The van der Waals surface area contributed by atoms with Gasteiger partial charge in [0.1, 0.15) is 5.82 Å². The second-order valence-corrected chi connectivity index (χ2v) is 9.49. The highest BCUT2D eigenvalue weighted by Crippen LogP contribution is 2.47. The second-order valence-electron chi connectivity index (χ2n) is 7.63. The van der Waals surface area contributed by atoms with Gasteiger partial charge in [-0.05, 0) is 30.7 Å². The Morgan fingerprint density at radius 1 is 0.862 bits per heavy atom. The van der Waals surface area contributed by atoms with Gasteiger partial charge in [0.05, 0.1) is 4.90 Å². The fourth-order valence-electron chi connectivity index (χ4n) is 4.40. The summed E-state index contributed by atoms with van der Waals surface area (Å²) in [6.45, 7) is 2.36. The van der Waals surface area contributed by atoms with Crippen LogP contribution < -0.4 is 4.31 Å². The Kier molecular flexibility index (Phi) is 4.03. The van der Waals surface area contributed by atoms with E-state index in [9.17, 15) is 8.42 Å². The molecule has 1 aliphatic heterocycles. The number of benzene rings is 3. The number of sulfonamides is 1. The van der Waals surface area contributed by atoms with Gasteiger partial charge in [-0.25, -0.2) is 8.42 Å². The molecule has 0 saturated heterocycles. The lowest BCUT2D eigenvalue weighted by Crippen LogP contribution is -2.31. The zero-order valence-corrected chi connectivity index (χ0v) is 17.2. The van der Waals surface area contributed by atoms with Gasteiger partial charge in [0.2, 0.25) is 0 Å². The van der Waals surface area contributed by atoms with E-state index in [1.54, 1.807) is 16.4 Å². The van der Waals surface area contributed by atoms with Crippen LogP contribution in [0.15, 0.2) is 83.8 Å². The van der Waals surface area contributed by atoms with E-state index in [0.717, 1.165) is 33.4 Å². The number of rotatable bonds is 3. The molecule has 0 amide bonds. The molecule has 1 unspecified atom stereocenters. The van der Waals surface area contributed by atoms with Crippen LogP contribution in [0.25, 0.3) is 10.9 Å². The quantitative estimate of drug-likeness (QED) is 0.493. The molecule has 1 aromatic heterocycles. The summed E-state index contributed by atoms with van der Waals surface area (Å²) in [5.41, 5.74) is 4.30. The minimum absolute atomic E-state index is 0.00229. The smallest absolute Gasteiger partial charge is 0.265 e. The number of nitrogens with zero attached hydrogens (tertiary/aromatic N) is 2. The molecule has 1 atom stereocenters. The molecule has 5 rings (SSSR count). The van der Waals surface area contributed by atoms with E-state index >= 15 is 0 Å². The largest absolute Gasteiger partial charge is 0.330 e. The normalized spacial score (nSPS) is 16.3. The van der Waals surface area contributed by atoms with Crippen LogP contribution in [0.2, 0.25) is 0 Å². The van der Waals surface area contributed by atoms with E-state index in [1.807, 2.05) is 67.1 Å². The van der Waals surface area contributed by atoms with Gasteiger partial charge in [-0.3, -0.25) is 4.31 Å². The Morgan fingerprint density at radius 2 is 1.52 bits per heavy atom. The number of hydrogen-bond acceptors (Lipinski definition) is 2. The van der Waals surface area contributed by atoms with E-state index in [1.165, 1.54) is 0 Å². The van der Waals surface area contributed by atoms with Crippen molar-refractivity contribution in [3.05, 3.63) is 95.6 Å². The van der Waals surface area contributed by atoms with Crippen LogP contribution in [0, 0.1) is 6.92 Å². The number of anilines is 1. The molecule has 5 heteroatoms. The molecule has 0 N–H and O–H groups in total. The maximum atomic E-state index is 13.6. The minimum Gasteiger partial charge on any atom is -0.330 e. The number of aromatic nitrogens is 1. The number of aryl methyl sites for hydroxylation is 2. The fraction of sp³-hybridized carbons (Fsp3) is 0.167. The van der Waals surface area contributed by atoms with E-state index in [0.29, 0.717) is 11.4 Å². The molecule has 4 nitrogen and oxygen atoms in total. The number of para-hydroxylation sites is 1. The highest BCUT2D eigenvalue weighted by Gasteiger charge is 2.41. The highest BCUT2D eigenvalue weighted by atomic mass is 32.2. The molecular weight excluding hydrogens is 380 g/mol. The summed E-state index contributed by atoms with van der Waals surface area (Å²) in [5, 5.41) is 1.11. The first-order valence-corrected chi connectivity index (χ1v) is 11.1. The van der Waals surface area contributed by atoms with Gasteiger partial charge in [-0.15, -0.1) is 0 Å². The summed E-state index contributed by atoms with van der Waals surface area (Å²) >= 11 is 0. The van der Waals surface area contributed by atoms with Gasteiger partial charge in [0.25, 0.3) is 10.0 Å². The Labute approximate surface area is 171 Å². The molecule has 0 spiro atoms. The van der Waals surface area contributed by atoms with E-state index in [4.69, 9.17) is 0 Å². The van der Waals surface area contributed by atoms with Gasteiger partial charge < -0.3 is 4.57 Å². The first-order valence-electron chi connectivity index (χ1n) is 9.70. The lowest BCUT2D eigenvalue weighted by Gasteiger charge is -2.22. The van der Waals surface area contributed by atoms with Crippen molar-refractivity contribution in [1.29, 1.82) is 0 Å². The summed E-state index contributed by atoms with van der Waals surface area (Å²) < 4.78 is 30.9. The molecular formula is C24H22N2O2S. The van der Waals surface area contributed by atoms with Crippen molar-refractivity contribution in [3.8, 4) is 0 Å². The fourth-order valence-corrected chi connectivity index (χ4v) is 5.93. The summed E-state index contributed by atoms with van der Waals surface area (Å²) in [6.07, 6.45) is 0. The standard InChI is InChI=1S/C24H22N2O2S/c1-17-12-14-19(15-13-17)29(27,28)26-16-21(18-8-4-3-5-9-18)23-20-10-6-7-11-22(20)25(2)24(23)26/h3-15,21H,16H2,1-2H3. The van der Waals surface area contributed by atoms with Crippen LogP contribution in [0.4, 0.5) is 5.82 Å². The molecule has 29 heavy (non-hydrogen) atoms. The van der Waals surface area contributed by atoms with Crippen molar-refractivity contribution in [3.63, 3.8) is 0 Å². The topological polar surface area (TPSA) is 42.3 Å². The van der Waals surface area contributed by atoms with E-state index in [-0.39, 0.29) is 5.92 Å². The summed E-state index contributed by atoms with van der Waals surface area (Å²) in [6, 6.07) is 25.4. The van der Waals surface area contributed by atoms with Gasteiger partial charge in [-0.1, -0.05) is 66.2 Å². The molecule has 0 saturated carbocycles. The highest BCUT2D eigenvalue weighted by molar-refractivity contribution is 7.92. The van der Waals surface area contributed by atoms with Gasteiger partial charge >= 0.3 is 0 Å². The van der Waals surface area contributed by atoms with Crippen molar-refractivity contribution >= 4 is 26.7 Å². The zero-order chi connectivity index (χ0) is 20.2. The van der Waals surface area contributed by atoms with E-state index < -0.39 is 10.0 Å². The van der Waals surface area contributed by atoms with Crippen molar-refractivity contribution in [2.75, 3.05) is 10.8 Å². The van der Waals surface area contributed by atoms with Crippen molar-refractivity contribution in [2.24, 2.45) is 7.05 Å². The molecule has 0 fully saturated rings. The van der Waals surface area contributed by atoms with Crippen LogP contribution in [0.1, 0.15) is 22.6 Å². The Balaban J connectivity index is 1.75. The third-order valence-electron chi connectivity index (χ3n) is 5.86. The minimum atomic E-state index is -3.67. The van der Waals surface area contributed by atoms with Crippen molar-refractivity contribution in [2.45, 2.75) is 17.7 Å². The van der Waals surface area contributed by atoms with E-state index in [2.05, 4.69) is 18.2 Å². The number of hydrogen-bond donors (Lipinski definition) is 0. The SMILES string of the molecule is Cc1ccc(S(=O)(=O)N2CC(c3ccccc3)c3c2n(C)c2ccccc32)cc1. The Hall–Kier alpha value is -3.05. The Morgan fingerprint density at radius 3 is 2.24 bits per heavy atom. The lowest BCUT2D eigenvalue weighted by molar-refractivity contribution is 0.590.